The average molecular weight is 153 g/mol. The molecule has 0 radical (unpaired) electrons. The van der Waals surface area contributed by atoms with Crippen molar-refractivity contribution < 1.29 is 9.84 Å². The zero-order valence-corrected chi connectivity index (χ0v) is 6.58. The molecule has 0 aliphatic heterocycles. The molecule has 0 bridgehead atoms. The van der Waals surface area contributed by atoms with E-state index in [1.807, 2.05) is 24.3 Å². The van der Waals surface area contributed by atoms with E-state index in [1.54, 1.807) is 7.11 Å². The van der Waals surface area contributed by atoms with Gasteiger partial charge < -0.3 is 9.84 Å². The van der Waals surface area contributed by atoms with Crippen LogP contribution in [0.25, 0.3) is 0 Å². The van der Waals surface area contributed by atoms with Crippen LogP contribution in [-0.2, 0) is 6.42 Å². The molecule has 1 N–H and O–H groups in total. The van der Waals surface area contributed by atoms with Crippen molar-refractivity contribution in [3.05, 3.63) is 29.8 Å². The topological polar surface area (TPSA) is 29.5 Å². The van der Waals surface area contributed by atoms with Crippen LogP contribution >= 0.6 is 0 Å². The van der Waals surface area contributed by atoms with Gasteiger partial charge in [-0.1, -0.05) is 12.1 Å². The Labute approximate surface area is 66.4 Å². The second-order valence-electron chi connectivity index (χ2n) is 2.32. The van der Waals surface area contributed by atoms with Crippen LogP contribution in [0.3, 0.4) is 0 Å². The van der Waals surface area contributed by atoms with Gasteiger partial charge in [-0.05, 0) is 24.1 Å². The van der Waals surface area contributed by atoms with E-state index >= 15 is 0 Å². The third-order valence-electron chi connectivity index (χ3n) is 1.56. The Bertz CT molecular complexity index is 203. The van der Waals surface area contributed by atoms with Crippen molar-refractivity contribution in [1.82, 2.24) is 0 Å². The first kappa shape index (κ1) is 8.08. The van der Waals surface area contributed by atoms with Crippen molar-refractivity contribution in [2.45, 2.75) is 6.42 Å². The third-order valence-corrected chi connectivity index (χ3v) is 1.56. The smallest absolute Gasteiger partial charge is 0.118 e. The Morgan fingerprint density at radius 2 is 1.91 bits per heavy atom. The second kappa shape index (κ2) is 3.98. The molecule has 0 aliphatic carbocycles. The lowest BCUT2D eigenvalue weighted by atomic mass is 10.2. The minimum absolute atomic E-state index is 0.201. The minimum atomic E-state index is 0.201. The third kappa shape index (κ3) is 2.24. The van der Waals surface area contributed by atoms with Gasteiger partial charge in [-0.3, -0.25) is 0 Å². The monoisotopic (exact) mass is 153 g/mol. The molecule has 1 aromatic carbocycles. The highest BCUT2D eigenvalue weighted by molar-refractivity contribution is 5.27. The van der Waals surface area contributed by atoms with Crippen molar-refractivity contribution >= 4 is 0 Å². The van der Waals surface area contributed by atoms with E-state index in [4.69, 9.17) is 9.84 Å². The highest BCUT2D eigenvalue weighted by Gasteiger charge is 1.91. The zero-order valence-electron chi connectivity index (χ0n) is 6.58. The van der Waals surface area contributed by atoms with Crippen LogP contribution < -0.4 is 4.74 Å². The van der Waals surface area contributed by atoms with Gasteiger partial charge in [-0.15, -0.1) is 0 Å². The molecule has 11 heavy (non-hydrogen) atoms. The number of aliphatic hydroxyl groups is 1. The van der Waals surface area contributed by atoms with Gasteiger partial charge in [-0.2, -0.15) is 0 Å². The number of aliphatic hydroxyl groups excluding tert-OH is 1. The minimum Gasteiger partial charge on any atom is -0.497 e. The van der Waals surface area contributed by atoms with Crippen LogP contribution in [0.15, 0.2) is 24.3 Å². The fourth-order valence-electron chi connectivity index (χ4n) is 0.921. The largest absolute Gasteiger partial charge is 0.497 e. The first-order chi connectivity index (χ1) is 5.36. The van der Waals surface area contributed by atoms with Gasteiger partial charge in [0.15, 0.2) is 0 Å². The first-order valence-corrected chi connectivity index (χ1v) is 3.60. The van der Waals surface area contributed by atoms with Crippen LogP contribution in [0.5, 0.6) is 5.75 Å². The summed E-state index contributed by atoms with van der Waals surface area (Å²) in [7, 11) is 1.64. The fourth-order valence-corrected chi connectivity index (χ4v) is 0.921. The van der Waals surface area contributed by atoms with Crippen molar-refractivity contribution in [3.63, 3.8) is 0 Å². The van der Waals surface area contributed by atoms with E-state index in [0.29, 0.717) is 6.42 Å². The summed E-state index contributed by atoms with van der Waals surface area (Å²) in [6, 6.07) is 7.69. The quantitative estimate of drug-likeness (QED) is 0.662. The summed E-state index contributed by atoms with van der Waals surface area (Å²) >= 11 is 0. The van der Waals surface area contributed by atoms with E-state index < -0.39 is 0 Å². The van der Waals surface area contributed by atoms with Crippen LogP contribution in [0.2, 0.25) is 0 Å². The Morgan fingerprint density at radius 1 is 1.27 bits per heavy atom. The van der Waals surface area contributed by atoms with E-state index in [2.05, 4.69) is 0 Å². The molecule has 0 saturated heterocycles. The molecule has 1 aromatic rings. The Balaban J connectivity index is 2.66. The molecule has 0 fully saturated rings. The van der Waals surface area contributed by atoms with Crippen molar-refractivity contribution in [2.75, 3.05) is 13.7 Å². The molecule has 2 heteroatoms. The summed E-state index contributed by atoms with van der Waals surface area (Å²) in [6.45, 7) is 0.201. The Hall–Kier alpha value is -1.02. The summed E-state index contributed by atoms with van der Waals surface area (Å²) in [5.74, 6) is 0.853. The molecular weight excluding hydrogens is 141 g/mol. The molecule has 0 amide bonds. The van der Waals surface area contributed by atoms with E-state index in [1.165, 1.54) is 0 Å². The van der Waals surface area contributed by atoms with Gasteiger partial charge >= 0.3 is 0 Å². The summed E-state index contributed by atoms with van der Waals surface area (Å²) in [6.07, 6.45) is 0.712. The maximum Gasteiger partial charge on any atom is 0.118 e. The summed E-state index contributed by atoms with van der Waals surface area (Å²) in [5.41, 5.74) is 1.13. The van der Waals surface area contributed by atoms with Crippen LogP contribution in [0, 0.1) is 0 Å². The molecular formula is C9H12O2. The second-order valence-corrected chi connectivity index (χ2v) is 2.32. The lowest BCUT2D eigenvalue weighted by Gasteiger charge is -2.00. The molecule has 0 aliphatic rings. The Kier molecular flexibility index (Phi) is 2.93. The van der Waals surface area contributed by atoms with Gasteiger partial charge in [0.05, 0.1) is 7.11 Å². The predicted octanol–water partition coefficient (Wildman–Crippen LogP) is 1.23. The number of rotatable bonds is 3. The number of hydrogen-bond acceptors (Lipinski definition) is 2. The summed E-state index contributed by atoms with van der Waals surface area (Å²) < 4.78 is 4.98. The van der Waals surface area contributed by atoms with E-state index in [0.717, 1.165) is 11.3 Å². The molecule has 0 saturated carbocycles. The number of methoxy groups -OCH3 is 1. The fraction of sp³-hybridized carbons (Fsp3) is 0.333. The molecule has 0 unspecified atom stereocenters. The van der Waals surface area contributed by atoms with Crippen LogP contribution in [0.4, 0.5) is 0 Å². The maximum atomic E-state index is 8.61. The van der Waals surface area contributed by atoms with E-state index in [-0.39, 0.29) is 6.61 Å². The molecule has 2 nitrogen and oxygen atoms in total. The maximum absolute atomic E-state index is 8.61. The molecule has 60 valence electrons. The Morgan fingerprint density at radius 3 is 2.36 bits per heavy atom. The molecule has 0 aromatic heterocycles. The van der Waals surface area contributed by atoms with Crippen molar-refractivity contribution in [2.24, 2.45) is 0 Å². The molecule has 0 atom stereocenters. The normalized spacial score (nSPS) is 9.64. The lowest BCUT2D eigenvalue weighted by molar-refractivity contribution is 0.299. The zero-order chi connectivity index (χ0) is 8.10. The lowest BCUT2D eigenvalue weighted by Crippen LogP contribution is -1.90. The number of ether oxygens (including phenoxy) is 1. The number of hydrogen-bond donors (Lipinski definition) is 1. The van der Waals surface area contributed by atoms with Crippen molar-refractivity contribution in [1.29, 1.82) is 0 Å². The van der Waals surface area contributed by atoms with Gasteiger partial charge in [0.25, 0.3) is 0 Å². The standard InChI is InChI=1S/C9H12O2/c1-11-9-4-2-8(3-5-9)6-7-10/h2-5,10H,6-7H2,1H3/i7+1. The van der Waals surface area contributed by atoms with Crippen molar-refractivity contribution in [3.8, 4) is 5.75 Å². The van der Waals surface area contributed by atoms with Crippen LogP contribution in [0.1, 0.15) is 5.56 Å². The highest BCUT2D eigenvalue weighted by atomic mass is 16.5. The van der Waals surface area contributed by atoms with E-state index in [9.17, 15) is 0 Å². The number of benzene rings is 1. The SMILES string of the molecule is COc1ccc(C[13CH2]O)cc1. The van der Waals surface area contributed by atoms with Gasteiger partial charge in [0.1, 0.15) is 5.75 Å². The summed E-state index contributed by atoms with van der Waals surface area (Å²) in [4.78, 5) is 0. The van der Waals surface area contributed by atoms with Gasteiger partial charge in [0, 0.05) is 6.61 Å². The summed E-state index contributed by atoms with van der Waals surface area (Å²) in [5, 5.41) is 8.61. The highest BCUT2D eigenvalue weighted by Crippen LogP contribution is 2.10. The van der Waals surface area contributed by atoms with Crippen LogP contribution in [-0.4, -0.2) is 18.8 Å². The first-order valence-electron chi connectivity index (χ1n) is 3.60. The average Bonchev–Trinajstić information content (AvgIpc) is 2.07. The van der Waals surface area contributed by atoms with Gasteiger partial charge in [-0.25, -0.2) is 0 Å². The molecule has 0 heterocycles. The van der Waals surface area contributed by atoms with Gasteiger partial charge in [0.2, 0.25) is 0 Å². The molecule has 1 rings (SSSR count). The molecule has 0 spiro atoms. The predicted molar refractivity (Wildman–Crippen MR) is 43.8 cm³/mol.